The van der Waals surface area contributed by atoms with E-state index < -0.39 is 0 Å². The molecule has 0 aliphatic carbocycles. The SMILES string of the molecule is CCCNCCCCCCn1ccnc1C. The molecule has 16 heavy (non-hydrogen) atoms. The zero-order valence-electron chi connectivity index (χ0n) is 10.7. The summed E-state index contributed by atoms with van der Waals surface area (Å²) in [5.41, 5.74) is 0. The third kappa shape index (κ3) is 5.31. The molecule has 1 heterocycles. The zero-order chi connectivity index (χ0) is 11.6. The number of nitrogens with zero attached hydrogens (tertiary/aromatic N) is 2. The first kappa shape index (κ1) is 13.2. The van der Waals surface area contributed by atoms with Gasteiger partial charge in [0.1, 0.15) is 5.82 Å². The predicted molar refractivity (Wildman–Crippen MR) is 68.6 cm³/mol. The van der Waals surface area contributed by atoms with Gasteiger partial charge in [0.25, 0.3) is 0 Å². The second kappa shape index (κ2) is 8.34. The van der Waals surface area contributed by atoms with Gasteiger partial charge in [-0.3, -0.25) is 0 Å². The highest BCUT2D eigenvalue weighted by molar-refractivity contribution is 4.87. The van der Waals surface area contributed by atoms with E-state index in [9.17, 15) is 0 Å². The Balaban J connectivity index is 1.91. The van der Waals surface area contributed by atoms with Gasteiger partial charge in [-0.05, 0) is 39.3 Å². The lowest BCUT2D eigenvalue weighted by Crippen LogP contribution is -2.15. The van der Waals surface area contributed by atoms with Crippen molar-refractivity contribution < 1.29 is 0 Å². The topological polar surface area (TPSA) is 29.9 Å². The van der Waals surface area contributed by atoms with Gasteiger partial charge in [0.15, 0.2) is 0 Å². The Morgan fingerprint density at radius 1 is 1.19 bits per heavy atom. The lowest BCUT2D eigenvalue weighted by molar-refractivity contribution is 0.545. The maximum atomic E-state index is 4.22. The fourth-order valence-electron chi connectivity index (χ4n) is 1.83. The Bertz CT molecular complexity index is 268. The van der Waals surface area contributed by atoms with Crippen molar-refractivity contribution in [3.05, 3.63) is 18.2 Å². The fraction of sp³-hybridized carbons (Fsp3) is 0.769. The summed E-state index contributed by atoms with van der Waals surface area (Å²) in [5.74, 6) is 1.13. The molecule has 0 spiro atoms. The van der Waals surface area contributed by atoms with Crippen LogP contribution in [-0.4, -0.2) is 22.6 Å². The third-order valence-corrected chi connectivity index (χ3v) is 2.85. The van der Waals surface area contributed by atoms with Crippen LogP contribution in [0.5, 0.6) is 0 Å². The normalized spacial score (nSPS) is 10.9. The van der Waals surface area contributed by atoms with Crippen LogP contribution in [0.1, 0.15) is 44.9 Å². The quantitative estimate of drug-likeness (QED) is 0.652. The molecule has 0 saturated heterocycles. The van der Waals surface area contributed by atoms with Crippen molar-refractivity contribution in [1.29, 1.82) is 0 Å². The summed E-state index contributed by atoms with van der Waals surface area (Å²) in [6.07, 6.45) is 10.4. The van der Waals surface area contributed by atoms with Crippen molar-refractivity contribution in [3.63, 3.8) is 0 Å². The van der Waals surface area contributed by atoms with Crippen molar-refractivity contribution >= 4 is 0 Å². The molecule has 0 saturated carbocycles. The number of aromatic nitrogens is 2. The fourth-order valence-corrected chi connectivity index (χ4v) is 1.83. The minimum Gasteiger partial charge on any atom is -0.335 e. The van der Waals surface area contributed by atoms with Gasteiger partial charge in [0.05, 0.1) is 0 Å². The first-order valence-corrected chi connectivity index (χ1v) is 6.53. The lowest BCUT2D eigenvalue weighted by Gasteiger charge is -2.05. The van der Waals surface area contributed by atoms with Crippen LogP contribution >= 0.6 is 0 Å². The van der Waals surface area contributed by atoms with Gasteiger partial charge in [-0.1, -0.05) is 19.8 Å². The van der Waals surface area contributed by atoms with Crippen LogP contribution < -0.4 is 5.32 Å². The predicted octanol–water partition coefficient (Wildman–Crippen LogP) is 2.75. The summed E-state index contributed by atoms with van der Waals surface area (Å²) in [6, 6.07) is 0. The Labute approximate surface area is 99.3 Å². The highest BCUT2D eigenvalue weighted by atomic mass is 15.0. The Kier molecular flexibility index (Phi) is 6.90. The Hall–Kier alpha value is -0.830. The van der Waals surface area contributed by atoms with Crippen molar-refractivity contribution in [1.82, 2.24) is 14.9 Å². The van der Waals surface area contributed by atoms with Gasteiger partial charge in [0, 0.05) is 18.9 Å². The van der Waals surface area contributed by atoms with E-state index in [4.69, 9.17) is 0 Å². The van der Waals surface area contributed by atoms with E-state index >= 15 is 0 Å². The second-order valence-electron chi connectivity index (χ2n) is 4.33. The molecule has 0 aliphatic heterocycles. The molecule has 0 aliphatic rings. The number of unbranched alkanes of at least 4 members (excludes halogenated alkanes) is 3. The molecule has 1 aromatic heterocycles. The average Bonchev–Trinajstić information content (AvgIpc) is 2.68. The first-order valence-electron chi connectivity index (χ1n) is 6.53. The maximum Gasteiger partial charge on any atom is 0.105 e. The summed E-state index contributed by atoms with van der Waals surface area (Å²) in [7, 11) is 0. The van der Waals surface area contributed by atoms with Crippen LogP contribution in [0.25, 0.3) is 0 Å². The smallest absolute Gasteiger partial charge is 0.105 e. The Morgan fingerprint density at radius 2 is 2.00 bits per heavy atom. The van der Waals surface area contributed by atoms with Crippen LogP contribution in [-0.2, 0) is 6.54 Å². The minimum atomic E-state index is 1.12. The summed E-state index contributed by atoms with van der Waals surface area (Å²) < 4.78 is 2.23. The lowest BCUT2D eigenvalue weighted by atomic mass is 10.2. The zero-order valence-corrected chi connectivity index (χ0v) is 10.7. The highest BCUT2D eigenvalue weighted by Crippen LogP contribution is 2.03. The van der Waals surface area contributed by atoms with Crippen molar-refractivity contribution in [3.8, 4) is 0 Å². The summed E-state index contributed by atoms with van der Waals surface area (Å²) in [5, 5.41) is 3.43. The second-order valence-corrected chi connectivity index (χ2v) is 4.33. The molecular weight excluding hydrogens is 198 g/mol. The molecule has 0 amide bonds. The molecule has 0 atom stereocenters. The van der Waals surface area contributed by atoms with Crippen molar-refractivity contribution in [2.45, 2.75) is 52.5 Å². The first-order chi connectivity index (χ1) is 7.84. The minimum absolute atomic E-state index is 1.12. The molecule has 1 rings (SSSR count). The van der Waals surface area contributed by atoms with Crippen molar-refractivity contribution in [2.24, 2.45) is 0 Å². The Morgan fingerprint density at radius 3 is 2.69 bits per heavy atom. The van der Waals surface area contributed by atoms with E-state index in [0.717, 1.165) is 18.9 Å². The molecule has 3 heteroatoms. The van der Waals surface area contributed by atoms with Gasteiger partial charge in [-0.2, -0.15) is 0 Å². The van der Waals surface area contributed by atoms with Gasteiger partial charge < -0.3 is 9.88 Å². The van der Waals surface area contributed by atoms with Crippen LogP contribution in [0.4, 0.5) is 0 Å². The summed E-state index contributed by atoms with van der Waals surface area (Å²) in [4.78, 5) is 4.22. The van der Waals surface area contributed by atoms with E-state index in [1.165, 1.54) is 38.6 Å². The summed E-state index contributed by atoms with van der Waals surface area (Å²) in [6.45, 7) is 7.73. The average molecular weight is 223 g/mol. The van der Waals surface area contributed by atoms with Gasteiger partial charge >= 0.3 is 0 Å². The van der Waals surface area contributed by atoms with E-state index in [1.54, 1.807) is 0 Å². The molecule has 0 bridgehead atoms. The van der Waals surface area contributed by atoms with Crippen LogP contribution in [0.15, 0.2) is 12.4 Å². The molecule has 0 unspecified atom stereocenters. The van der Waals surface area contributed by atoms with Crippen molar-refractivity contribution in [2.75, 3.05) is 13.1 Å². The molecule has 0 radical (unpaired) electrons. The van der Waals surface area contributed by atoms with Crippen LogP contribution in [0, 0.1) is 6.92 Å². The molecule has 92 valence electrons. The molecule has 1 aromatic rings. The number of hydrogen-bond donors (Lipinski definition) is 1. The monoisotopic (exact) mass is 223 g/mol. The molecule has 3 nitrogen and oxygen atoms in total. The van der Waals surface area contributed by atoms with Gasteiger partial charge in [0.2, 0.25) is 0 Å². The maximum absolute atomic E-state index is 4.22. The van der Waals surface area contributed by atoms with E-state index in [-0.39, 0.29) is 0 Å². The number of aryl methyl sites for hydroxylation is 2. The van der Waals surface area contributed by atoms with Crippen LogP contribution in [0.3, 0.4) is 0 Å². The third-order valence-electron chi connectivity index (χ3n) is 2.85. The van der Waals surface area contributed by atoms with Gasteiger partial charge in [-0.15, -0.1) is 0 Å². The van der Waals surface area contributed by atoms with E-state index in [0.29, 0.717) is 0 Å². The molecule has 0 fully saturated rings. The summed E-state index contributed by atoms with van der Waals surface area (Å²) >= 11 is 0. The van der Waals surface area contributed by atoms with Crippen LogP contribution in [0.2, 0.25) is 0 Å². The van der Waals surface area contributed by atoms with E-state index in [1.807, 2.05) is 6.20 Å². The largest absolute Gasteiger partial charge is 0.335 e. The van der Waals surface area contributed by atoms with Gasteiger partial charge in [-0.25, -0.2) is 4.98 Å². The molecule has 0 aromatic carbocycles. The number of hydrogen-bond acceptors (Lipinski definition) is 2. The molecular formula is C13H25N3. The molecule has 1 N–H and O–H groups in total. The number of imidazole rings is 1. The standard InChI is InChI=1S/C13H25N3/c1-3-8-14-9-6-4-5-7-11-16-12-10-15-13(16)2/h10,12,14H,3-9,11H2,1-2H3. The number of nitrogens with one attached hydrogen (secondary N) is 1. The highest BCUT2D eigenvalue weighted by Gasteiger charge is 1.96. The number of rotatable bonds is 9. The van der Waals surface area contributed by atoms with E-state index in [2.05, 4.69) is 34.9 Å².